The van der Waals surface area contributed by atoms with E-state index >= 15 is 0 Å². The largest absolute Gasteiger partial charge is 0.316 e. The Morgan fingerprint density at radius 2 is 1.76 bits per heavy atom. The highest BCUT2D eigenvalue weighted by Gasteiger charge is 2.35. The Labute approximate surface area is 131 Å². The normalized spacial score (nSPS) is 34.7. The molecule has 2 unspecified atom stereocenters. The first-order valence-corrected chi connectivity index (χ1v) is 9.62. The van der Waals surface area contributed by atoms with Gasteiger partial charge in [-0.05, 0) is 75.2 Å². The summed E-state index contributed by atoms with van der Waals surface area (Å²) >= 11 is 0. The van der Waals surface area contributed by atoms with Gasteiger partial charge < -0.3 is 10.6 Å². The highest BCUT2D eigenvalue weighted by Crippen LogP contribution is 2.42. The summed E-state index contributed by atoms with van der Waals surface area (Å²) in [7, 11) is 0. The summed E-state index contributed by atoms with van der Waals surface area (Å²) in [6, 6.07) is 1.71. The molecule has 2 N–H and O–H groups in total. The van der Waals surface area contributed by atoms with Crippen molar-refractivity contribution in [2.75, 3.05) is 13.1 Å². The zero-order valence-electron chi connectivity index (χ0n) is 14.3. The summed E-state index contributed by atoms with van der Waals surface area (Å²) in [5, 5.41) is 7.61. The molecule has 2 saturated heterocycles. The van der Waals surface area contributed by atoms with E-state index in [-0.39, 0.29) is 0 Å². The van der Waals surface area contributed by atoms with Crippen molar-refractivity contribution in [3.63, 3.8) is 0 Å². The van der Waals surface area contributed by atoms with Crippen molar-refractivity contribution in [3.8, 4) is 0 Å². The molecule has 0 aromatic carbocycles. The van der Waals surface area contributed by atoms with E-state index in [0.29, 0.717) is 5.41 Å². The van der Waals surface area contributed by atoms with Crippen molar-refractivity contribution >= 4 is 0 Å². The lowest BCUT2D eigenvalue weighted by Gasteiger charge is -2.32. The van der Waals surface area contributed by atoms with E-state index in [2.05, 4.69) is 24.5 Å². The van der Waals surface area contributed by atoms with Crippen LogP contribution < -0.4 is 10.6 Å². The van der Waals surface area contributed by atoms with Crippen LogP contribution in [0.2, 0.25) is 0 Å². The Balaban J connectivity index is 1.37. The summed E-state index contributed by atoms with van der Waals surface area (Å²) in [5.74, 6) is 1.84. The molecule has 2 heterocycles. The number of piperidine rings is 1. The molecule has 2 aliphatic heterocycles. The van der Waals surface area contributed by atoms with E-state index in [4.69, 9.17) is 0 Å². The molecule has 2 heteroatoms. The minimum absolute atomic E-state index is 0.640. The third kappa shape index (κ3) is 4.22. The summed E-state index contributed by atoms with van der Waals surface area (Å²) in [4.78, 5) is 0. The van der Waals surface area contributed by atoms with Crippen molar-refractivity contribution in [1.29, 1.82) is 0 Å². The molecule has 1 aliphatic carbocycles. The summed E-state index contributed by atoms with van der Waals surface area (Å²) in [6.07, 6.45) is 14.5. The minimum Gasteiger partial charge on any atom is -0.316 e. The molecule has 1 saturated carbocycles. The maximum Gasteiger partial charge on any atom is 0.00728 e. The maximum absolute atomic E-state index is 3.85. The predicted octanol–water partition coefficient (Wildman–Crippen LogP) is 4.10. The second-order valence-corrected chi connectivity index (χ2v) is 8.75. The van der Waals surface area contributed by atoms with Crippen LogP contribution in [0.5, 0.6) is 0 Å². The topological polar surface area (TPSA) is 24.1 Å². The zero-order valence-corrected chi connectivity index (χ0v) is 14.3. The second-order valence-electron chi connectivity index (χ2n) is 8.75. The fraction of sp³-hybridized carbons (Fsp3) is 1.00. The molecule has 2 atom stereocenters. The Hall–Kier alpha value is -0.0800. The van der Waals surface area contributed by atoms with Gasteiger partial charge in [0, 0.05) is 18.6 Å². The van der Waals surface area contributed by atoms with Crippen LogP contribution in [0.1, 0.15) is 78.1 Å². The molecule has 3 rings (SSSR count). The van der Waals surface area contributed by atoms with Gasteiger partial charge in [-0.15, -0.1) is 0 Å². The Kier molecular flexibility index (Phi) is 5.27. The van der Waals surface area contributed by atoms with E-state index in [9.17, 15) is 0 Å². The van der Waals surface area contributed by atoms with E-state index < -0.39 is 0 Å². The third-order valence-corrected chi connectivity index (χ3v) is 6.31. The van der Waals surface area contributed by atoms with Gasteiger partial charge in [0.15, 0.2) is 0 Å². The van der Waals surface area contributed by atoms with Gasteiger partial charge in [-0.3, -0.25) is 0 Å². The SMILES string of the molecule is CC(C)CC1(CNCCC2CC3CCC(C2)N3)CCCC1. The average molecular weight is 293 g/mol. The molecule has 122 valence electrons. The van der Waals surface area contributed by atoms with Gasteiger partial charge in [-0.25, -0.2) is 0 Å². The van der Waals surface area contributed by atoms with Crippen LogP contribution in [-0.2, 0) is 0 Å². The Morgan fingerprint density at radius 3 is 2.38 bits per heavy atom. The molecule has 0 radical (unpaired) electrons. The fourth-order valence-corrected chi connectivity index (χ4v) is 5.51. The van der Waals surface area contributed by atoms with Crippen LogP contribution in [0.25, 0.3) is 0 Å². The molecule has 3 aliphatic rings. The smallest absolute Gasteiger partial charge is 0.00728 e. The quantitative estimate of drug-likeness (QED) is 0.690. The molecule has 21 heavy (non-hydrogen) atoms. The van der Waals surface area contributed by atoms with E-state index in [1.807, 2.05) is 0 Å². The molecular weight excluding hydrogens is 256 g/mol. The monoisotopic (exact) mass is 292 g/mol. The van der Waals surface area contributed by atoms with Crippen LogP contribution in [0.15, 0.2) is 0 Å². The van der Waals surface area contributed by atoms with Crippen molar-refractivity contribution < 1.29 is 0 Å². The Morgan fingerprint density at radius 1 is 1.10 bits per heavy atom. The van der Waals surface area contributed by atoms with E-state index in [1.165, 1.54) is 77.3 Å². The van der Waals surface area contributed by atoms with Crippen LogP contribution in [0, 0.1) is 17.3 Å². The number of rotatable bonds is 7. The van der Waals surface area contributed by atoms with Gasteiger partial charge in [0.05, 0.1) is 0 Å². The van der Waals surface area contributed by atoms with Crippen LogP contribution in [-0.4, -0.2) is 25.2 Å². The average Bonchev–Trinajstić information content (AvgIpc) is 3.02. The molecule has 2 nitrogen and oxygen atoms in total. The molecular formula is C19H36N2. The third-order valence-electron chi connectivity index (χ3n) is 6.31. The number of hydrogen-bond donors (Lipinski definition) is 2. The van der Waals surface area contributed by atoms with Gasteiger partial charge in [0.2, 0.25) is 0 Å². The standard InChI is InChI=1S/C19H36N2/c1-15(2)13-19(8-3-4-9-19)14-20-10-7-16-11-17-5-6-18(12-16)21-17/h15-18,20-21H,3-14H2,1-2H3. The summed E-state index contributed by atoms with van der Waals surface area (Å²) in [5.41, 5.74) is 0.640. The van der Waals surface area contributed by atoms with Crippen LogP contribution in [0.3, 0.4) is 0 Å². The number of fused-ring (bicyclic) bond motifs is 2. The lowest BCUT2D eigenvalue weighted by atomic mass is 9.78. The Bertz CT molecular complexity index is 308. The molecule has 0 amide bonds. The fourth-order valence-electron chi connectivity index (χ4n) is 5.51. The van der Waals surface area contributed by atoms with Gasteiger partial charge >= 0.3 is 0 Å². The molecule has 3 fully saturated rings. The predicted molar refractivity (Wildman–Crippen MR) is 90.5 cm³/mol. The maximum atomic E-state index is 3.85. The number of hydrogen-bond acceptors (Lipinski definition) is 2. The highest BCUT2D eigenvalue weighted by molar-refractivity contribution is 4.92. The van der Waals surface area contributed by atoms with Crippen molar-refractivity contribution in [2.24, 2.45) is 17.3 Å². The molecule has 0 spiro atoms. The lowest BCUT2D eigenvalue weighted by Crippen LogP contribution is -2.39. The lowest BCUT2D eigenvalue weighted by molar-refractivity contribution is 0.218. The van der Waals surface area contributed by atoms with Gasteiger partial charge in [-0.1, -0.05) is 26.7 Å². The van der Waals surface area contributed by atoms with Gasteiger partial charge in [0.1, 0.15) is 0 Å². The van der Waals surface area contributed by atoms with Gasteiger partial charge in [-0.2, -0.15) is 0 Å². The first kappa shape index (κ1) is 15.8. The zero-order chi connectivity index (χ0) is 14.7. The molecule has 0 aromatic heterocycles. The summed E-state index contributed by atoms with van der Waals surface area (Å²) in [6.45, 7) is 7.32. The minimum atomic E-state index is 0.640. The summed E-state index contributed by atoms with van der Waals surface area (Å²) < 4.78 is 0. The van der Waals surface area contributed by atoms with Crippen molar-refractivity contribution in [2.45, 2.75) is 90.1 Å². The number of nitrogens with one attached hydrogen (secondary N) is 2. The van der Waals surface area contributed by atoms with Crippen molar-refractivity contribution in [1.82, 2.24) is 10.6 Å². The van der Waals surface area contributed by atoms with Crippen LogP contribution >= 0.6 is 0 Å². The molecule has 2 bridgehead atoms. The second kappa shape index (κ2) is 7.00. The highest BCUT2D eigenvalue weighted by atomic mass is 15.0. The first-order valence-electron chi connectivity index (χ1n) is 9.62. The first-order chi connectivity index (χ1) is 10.2. The van der Waals surface area contributed by atoms with Crippen LogP contribution in [0.4, 0.5) is 0 Å². The molecule has 0 aromatic rings. The van der Waals surface area contributed by atoms with Gasteiger partial charge in [0.25, 0.3) is 0 Å². The van der Waals surface area contributed by atoms with Crippen molar-refractivity contribution in [3.05, 3.63) is 0 Å². The van der Waals surface area contributed by atoms with E-state index in [1.54, 1.807) is 0 Å². The van der Waals surface area contributed by atoms with E-state index in [0.717, 1.165) is 23.9 Å².